The molecule has 0 saturated heterocycles. The fourth-order valence-corrected chi connectivity index (χ4v) is 1.02. The van der Waals surface area contributed by atoms with Crippen LogP contribution in [0.15, 0.2) is 16.6 Å². The minimum absolute atomic E-state index is 0.0108. The van der Waals surface area contributed by atoms with Gasteiger partial charge in [0.05, 0.1) is 11.6 Å². The zero-order valence-corrected chi connectivity index (χ0v) is 7.42. The number of aromatic hydroxyl groups is 2. The maximum Gasteiger partial charge on any atom is 0.161 e. The van der Waals surface area contributed by atoms with Gasteiger partial charge >= 0.3 is 0 Å². The van der Waals surface area contributed by atoms with Crippen LogP contribution in [0.1, 0.15) is 0 Å². The molecular weight excluding hydrogens is 212 g/mol. The molecule has 0 radical (unpaired) electrons. The summed E-state index contributed by atoms with van der Waals surface area (Å²) >= 11 is 3.08. The van der Waals surface area contributed by atoms with Gasteiger partial charge in [0.25, 0.3) is 0 Å². The lowest BCUT2D eigenvalue weighted by atomic mass is 10.3. The highest BCUT2D eigenvalue weighted by Crippen LogP contribution is 2.35. The summed E-state index contributed by atoms with van der Waals surface area (Å²) in [4.78, 5) is 0. The van der Waals surface area contributed by atoms with Crippen molar-refractivity contribution in [3.8, 4) is 17.2 Å². The van der Waals surface area contributed by atoms with Crippen LogP contribution in [0.5, 0.6) is 17.2 Å². The molecule has 0 aliphatic rings. The van der Waals surface area contributed by atoms with E-state index in [4.69, 9.17) is 14.9 Å². The van der Waals surface area contributed by atoms with Crippen LogP contribution >= 0.6 is 15.9 Å². The standard InChI is InChI=1S/C7H7BrO3/c1-11-7-2-4(8)5(9)3-6(7)10/h2-3,9-10H,1H3. The highest BCUT2D eigenvalue weighted by molar-refractivity contribution is 9.10. The van der Waals surface area contributed by atoms with Crippen molar-refractivity contribution in [2.24, 2.45) is 0 Å². The molecule has 1 aromatic rings. The molecule has 60 valence electrons. The zero-order chi connectivity index (χ0) is 8.43. The Morgan fingerprint density at radius 3 is 2.45 bits per heavy atom. The summed E-state index contributed by atoms with van der Waals surface area (Å²) in [5, 5.41) is 18.2. The Morgan fingerprint density at radius 2 is 1.91 bits per heavy atom. The molecule has 1 aromatic carbocycles. The van der Waals surface area contributed by atoms with Crippen LogP contribution in [0.3, 0.4) is 0 Å². The minimum atomic E-state index is -0.0757. The Bertz CT molecular complexity index is 273. The van der Waals surface area contributed by atoms with E-state index in [2.05, 4.69) is 15.9 Å². The molecule has 0 fully saturated rings. The highest BCUT2D eigenvalue weighted by atomic mass is 79.9. The molecule has 3 nitrogen and oxygen atoms in total. The number of halogens is 1. The summed E-state index contributed by atoms with van der Waals surface area (Å²) in [7, 11) is 1.44. The molecule has 2 N–H and O–H groups in total. The monoisotopic (exact) mass is 218 g/mol. The van der Waals surface area contributed by atoms with Crippen LogP contribution in [0.25, 0.3) is 0 Å². The molecule has 0 saturated carbocycles. The second-order valence-corrected chi connectivity index (χ2v) is 2.83. The molecule has 4 heteroatoms. The van der Waals surface area contributed by atoms with Gasteiger partial charge in [0.1, 0.15) is 5.75 Å². The van der Waals surface area contributed by atoms with Crippen LogP contribution in [0.2, 0.25) is 0 Å². The Labute approximate surface area is 72.4 Å². The molecule has 0 spiro atoms. The molecule has 1 rings (SSSR count). The number of phenols is 2. The minimum Gasteiger partial charge on any atom is -0.507 e. The fraction of sp³-hybridized carbons (Fsp3) is 0.143. The Balaban J connectivity index is 3.21. The summed E-state index contributed by atoms with van der Waals surface area (Å²) in [6.45, 7) is 0. The van der Waals surface area contributed by atoms with Gasteiger partial charge in [0, 0.05) is 12.1 Å². The first-order chi connectivity index (χ1) is 5.15. The number of rotatable bonds is 1. The van der Waals surface area contributed by atoms with E-state index in [0.29, 0.717) is 10.2 Å². The Kier molecular flexibility index (Phi) is 2.24. The average Bonchev–Trinajstić information content (AvgIpc) is 1.97. The van der Waals surface area contributed by atoms with E-state index in [1.807, 2.05) is 0 Å². The van der Waals surface area contributed by atoms with Crippen molar-refractivity contribution in [1.82, 2.24) is 0 Å². The van der Waals surface area contributed by atoms with Crippen LogP contribution in [0, 0.1) is 0 Å². The van der Waals surface area contributed by atoms with Gasteiger partial charge in [-0.1, -0.05) is 0 Å². The predicted octanol–water partition coefficient (Wildman–Crippen LogP) is 1.87. The van der Waals surface area contributed by atoms with Crippen LogP contribution < -0.4 is 4.74 Å². The third-order valence-electron chi connectivity index (χ3n) is 1.25. The molecule has 0 aromatic heterocycles. The van der Waals surface area contributed by atoms with Gasteiger partial charge in [-0.3, -0.25) is 0 Å². The van der Waals surface area contributed by atoms with Crippen molar-refractivity contribution in [1.29, 1.82) is 0 Å². The molecular formula is C7H7BrO3. The number of phenolic OH excluding ortho intramolecular Hbond substituents is 2. The van der Waals surface area contributed by atoms with E-state index in [9.17, 15) is 0 Å². The smallest absolute Gasteiger partial charge is 0.161 e. The Hall–Kier alpha value is -0.900. The summed E-state index contributed by atoms with van der Waals surface area (Å²) in [5.41, 5.74) is 0. The van der Waals surface area contributed by atoms with Crippen molar-refractivity contribution in [2.45, 2.75) is 0 Å². The third-order valence-corrected chi connectivity index (χ3v) is 1.88. The lowest BCUT2D eigenvalue weighted by molar-refractivity contribution is 0.369. The van der Waals surface area contributed by atoms with Crippen molar-refractivity contribution >= 4 is 15.9 Å². The molecule has 0 amide bonds. The van der Waals surface area contributed by atoms with Gasteiger partial charge in [0.2, 0.25) is 0 Å². The van der Waals surface area contributed by atoms with Crippen LogP contribution in [-0.2, 0) is 0 Å². The molecule has 0 bridgehead atoms. The molecule has 0 aliphatic carbocycles. The molecule has 0 atom stereocenters. The van der Waals surface area contributed by atoms with Crippen LogP contribution in [-0.4, -0.2) is 17.3 Å². The number of methoxy groups -OCH3 is 1. The summed E-state index contributed by atoms with van der Waals surface area (Å²) < 4.78 is 5.28. The number of hydrogen-bond donors (Lipinski definition) is 2. The van der Waals surface area contributed by atoms with E-state index >= 15 is 0 Å². The fourth-order valence-electron chi connectivity index (χ4n) is 0.696. The van der Waals surface area contributed by atoms with Gasteiger partial charge in [-0.05, 0) is 15.9 Å². The normalized spacial score (nSPS) is 9.64. The van der Waals surface area contributed by atoms with Gasteiger partial charge in [-0.15, -0.1) is 0 Å². The lowest BCUT2D eigenvalue weighted by Crippen LogP contribution is -1.83. The second kappa shape index (κ2) is 3.00. The number of benzene rings is 1. The third kappa shape index (κ3) is 1.57. The lowest BCUT2D eigenvalue weighted by Gasteiger charge is -2.04. The molecule has 0 heterocycles. The van der Waals surface area contributed by atoms with Gasteiger partial charge in [-0.2, -0.15) is 0 Å². The number of hydrogen-bond acceptors (Lipinski definition) is 3. The largest absolute Gasteiger partial charge is 0.507 e. The van der Waals surface area contributed by atoms with E-state index in [0.717, 1.165) is 0 Å². The summed E-state index contributed by atoms with van der Waals surface area (Å²) in [6, 6.07) is 2.70. The van der Waals surface area contributed by atoms with E-state index < -0.39 is 0 Å². The quantitative estimate of drug-likeness (QED) is 0.757. The van der Waals surface area contributed by atoms with Gasteiger partial charge < -0.3 is 14.9 Å². The molecule has 0 aliphatic heterocycles. The predicted molar refractivity (Wildman–Crippen MR) is 44.0 cm³/mol. The van der Waals surface area contributed by atoms with Crippen molar-refractivity contribution < 1.29 is 14.9 Å². The number of ether oxygens (including phenoxy) is 1. The van der Waals surface area contributed by atoms with Crippen molar-refractivity contribution in [3.05, 3.63) is 16.6 Å². The average molecular weight is 219 g/mol. The summed E-state index contributed by atoms with van der Waals surface area (Å²) in [6.07, 6.45) is 0. The SMILES string of the molecule is COc1cc(Br)c(O)cc1O. The highest BCUT2D eigenvalue weighted by Gasteiger charge is 2.05. The molecule has 0 unspecified atom stereocenters. The maximum atomic E-state index is 9.11. The maximum absolute atomic E-state index is 9.11. The summed E-state index contributed by atoms with van der Waals surface area (Å²) in [5.74, 6) is 0.242. The van der Waals surface area contributed by atoms with Crippen molar-refractivity contribution in [3.63, 3.8) is 0 Å². The first-order valence-corrected chi connectivity index (χ1v) is 3.70. The second-order valence-electron chi connectivity index (χ2n) is 1.98. The van der Waals surface area contributed by atoms with Gasteiger partial charge in [-0.25, -0.2) is 0 Å². The Morgan fingerprint density at radius 1 is 1.27 bits per heavy atom. The van der Waals surface area contributed by atoms with Gasteiger partial charge in [0.15, 0.2) is 11.5 Å². The van der Waals surface area contributed by atoms with E-state index in [1.54, 1.807) is 0 Å². The van der Waals surface area contributed by atoms with Crippen molar-refractivity contribution in [2.75, 3.05) is 7.11 Å². The first-order valence-electron chi connectivity index (χ1n) is 2.90. The van der Waals surface area contributed by atoms with Crippen LogP contribution in [0.4, 0.5) is 0 Å². The van der Waals surface area contributed by atoms with E-state index in [1.165, 1.54) is 19.2 Å². The first kappa shape index (κ1) is 8.20. The zero-order valence-electron chi connectivity index (χ0n) is 5.84. The van der Waals surface area contributed by atoms with E-state index in [-0.39, 0.29) is 11.5 Å². The molecule has 11 heavy (non-hydrogen) atoms. The topological polar surface area (TPSA) is 49.7 Å².